The van der Waals surface area contributed by atoms with Gasteiger partial charge in [0.05, 0.1) is 15.7 Å². The van der Waals surface area contributed by atoms with E-state index in [1.54, 1.807) is 11.3 Å². The number of piperazine rings is 1. The van der Waals surface area contributed by atoms with Crippen LogP contribution in [0.25, 0.3) is 10.2 Å². The first kappa shape index (κ1) is 16.2. The van der Waals surface area contributed by atoms with E-state index in [1.165, 1.54) is 10.3 Å². The van der Waals surface area contributed by atoms with Crippen LogP contribution in [0.1, 0.15) is 18.5 Å². The van der Waals surface area contributed by atoms with Crippen LogP contribution in [0, 0.1) is 10.8 Å². The molecule has 0 radical (unpaired) electrons. The first-order valence-electron chi connectivity index (χ1n) is 7.47. The largest absolute Gasteiger partial charge is 0.378 e. The zero-order chi connectivity index (χ0) is 16.4. The molecule has 0 saturated carbocycles. The Morgan fingerprint density at radius 1 is 1.30 bits per heavy atom. The molecule has 2 heterocycles. The second-order valence-corrected chi connectivity index (χ2v) is 7.47. The highest BCUT2D eigenvalue weighted by Gasteiger charge is 2.24. The molecule has 8 heteroatoms. The molecule has 4 N–H and O–H groups in total. The molecule has 1 aromatic heterocycles. The van der Waals surface area contributed by atoms with E-state index in [0.29, 0.717) is 11.2 Å². The maximum Gasteiger partial charge on any atom is 0.164 e. The van der Waals surface area contributed by atoms with Crippen LogP contribution in [-0.2, 0) is 0 Å². The van der Waals surface area contributed by atoms with Crippen molar-refractivity contribution in [2.75, 3.05) is 26.2 Å². The van der Waals surface area contributed by atoms with E-state index < -0.39 is 0 Å². The first-order chi connectivity index (χ1) is 11.0. The average molecular weight is 349 g/mol. The number of benzene rings is 1. The molecule has 1 atom stereocenters. The quantitative estimate of drug-likeness (QED) is 0.573. The topological polar surface area (TPSA) is 93.1 Å². The summed E-state index contributed by atoms with van der Waals surface area (Å²) in [5.74, 6) is 0. The van der Waals surface area contributed by atoms with Gasteiger partial charge in [-0.25, -0.2) is 4.98 Å². The molecule has 1 fully saturated rings. The summed E-state index contributed by atoms with van der Waals surface area (Å²) in [6.07, 6.45) is 0. The van der Waals surface area contributed by atoms with Gasteiger partial charge in [-0.2, -0.15) is 0 Å². The Hall–Kier alpha value is -1.64. The van der Waals surface area contributed by atoms with E-state index in [9.17, 15) is 0 Å². The molecule has 1 saturated heterocycles. The third-order valence-corrected chi connectivity index (χ3v) is 5.66. The predicted octanol–water partition coefficient (Wildman–Crippen LogP) is 2.54. The van der Waals surface area contributed by atoms with Crippen molar-refractivity contribution in [3.8, 4) is 0 Å². The Morgan fingerprint density at radius 3 is 2.74 bits per heavy atom. The van der Waals surface area contributed by atoms with Gasteiger partial charge in [-0.3, -0.25) is 15.7 Å². The number of nitrogens with two attached hydrogens (primary N) is 1. The van der Waals surface area contributed by atoms with Crippen LogP contribution >= 0.6 is 23.1 Å². The summed E-state index contributed by atoms with van der Waals surface area (Å²) >= 11 is 2.69. The summed E-state index contributed by atoms with van der Waals surface area (Å²) in [7, 11) is 0. The molecule has 1 aromatic carbocycles. The summed E-state index contributed by atoms with van der Waals surface area (Å²) < 4.78 is 1.23. The van der Waals surface area contributed by atoms with Gasteiger partial charge >= 0.3 is 0 Å². The Kier molecular flexibility index (Phi) is 4.84. The number of hydrogen-bond donors (Lipinski definition) is 3. The molecule has 0 aliphatic carbocycles. The predicted molar refractivity (Wildman–Crippen MR) is 98.4 cm³/mol. The molecule has 0 spiro atoms. The zero-order valence-electron chi connectivity index (χ0n) is 13.0. The van der Waals surface area contributed by atoms with E-state index >= 15 is 0 Å². The standard InChI is InChI=1S/C15H20N6S2/c1-10(11-2-3-12-13(8-11)22-9-19-12)20-4-6-21(7-5-20)15(18)23-14(16)17/h2-3,8-10,18H,4-7H2,1H3,(H3,16,17). The van der Waals surface area contributed by atoms with Crippen molar-refractivity contribution in [3.05, 3.63) is 29.3 Å². The molecule has 6 nitrogen and oxygen atoms in total. The monoisotopic (exact) mass is 348 g/mol. The van der Waals surface area contributed by atoms with E-state index in [0.717, 1.165) is 43.5 Å². The summed E-state index contributed by atoms with van der Waals surface area (Å²) in [6.45, 7) is 5.64. The smallest absolute Gasteiger partial charge is 0.164 e. The highest BCUT2D eigenvalue weighted by molar-refractivity contribution is 8.26. The molecule has 2 aromatic rings. The minimum atomic E-state index is -0.0244. The van der Waals surface area contributed by atoms with Crippen molar-refractivity contribution in [1.82, 2.24) is 14.8 Å². The molecule has 1 aliphatic rings. The summed E-state index contributed by atoms with van der Waals surface area (Å²) in [5.41, 5.74) is 9.61. The molecular weight excluding hydrogens is 328 g/mol. The molecule has 122 valence electrons. The van der Waals surface area contributed by atoms with Crippen LogP contribution in [0.4, 0.5) is 0 Å². The van der Waals surface area contributed by atoms with E-state index in [-0.39, 0.29) is 5.17 Å². The summed E-state index contributed by atoms with van der Waals surface area (Å²) in [5, 5.41) is 15.6. The maximum absolute atomic E-state index is 7.97. The molecule has 0 bridgehead atoms. The molecular formula is C15H20N6S2. The van der Waals surface area contributed by atoms with Crippen molar-refractivity contribution in [3.63, 3.8) is 0 Å². The molecule has 3 rings (SSSR count). The highest BCUT2D eigenvalue weighted by Crippen LogP contribution is 2.27. The Labute approximate surface area is 143 Å². The minimum Gasteiger partial charge on any atom is -0.378 e. The van der Waals surface area contributed by atoms with Crippen molar-refractivity contribution < 1.29 is 0 Å². The maximum atomic E-state index is 7.97. The van der Waals surface area contributed by atoms with E-state index in [4.69, 9.17) is 16.6 Å². The van der Waals surface area contributed by atoms with Crippen molar-refractivity contribution >= 4 is 43.7 Å². The number of hydrogen-bond acceptors (Lipinski definition) is 6. The van der Waals surface area contributed by atoms with Gasteiger partial charge in [-0.05, 0) is 36.4 Å². The Morgan fingerprint density at radius 2 is 2.04 bits per heavy atom. The fourth-order valence-electron chi connectivity index (χ4n) is 2.82. The number of rotatable bonds is 2. The van der Waals surface area contributed by atoms with Gasteiger partial charge in [0.2, 0.25) is 0 Å². The van der Waals surface area contributed by atoms with Crippen molar-refractivity contribution in [1.29, 1.82) is 10.8 Å². The number of fused-ring (bicyclic) bond motifs is 1. The second kappa shape index (κ2) is 6.86. The zero-order valence-corrected chi connectivity index (χ0v) is 14.6. The number of nitrogens with one attached hydrogen (secondary N) is 2. The number of aromatic nitrogens is 1. The van der Waals surface area contributed by atoms with Crippen LogP contribution in [0.15, 0.2) is 23.7 Å². The normalized spacial score (nSPS) is 17.3. The van der Waals surface area contributed by atoms with Gasteiger partial charge < -0.3 is 10.6 Å². The van der Waals surface area contributed by atoms with Gasteiger partial charge in [0.15, 0.2) is 10.3 Å². The number of nitrogens with zero attached hydrogens (tertiary/aromatic N) is 3. The molecule has 1 unspecified atom stereocenters. The SMILES string of the molecule is CC(c1ccc2ncsc2c1)N1CCN(C(=N)SC(=N)N)CC1. The second-order valence-electron chi connectivity index (χ2n) is 5.55. The third kappa shape index (κ3) is 3.65. The summed E-state index contributed by atoms with van der Waals surface area (Å²) in [4.78, 5) is 8.75. The number of amidine groups is 2. The van der Waals surface area contributed by atoms with E-state index in [1.807, 2.05) is 10.4 Å². The van der Waals surface area contributed by atoms with Gasteiger partial charge in [-0.15, -0.1) is 11.3 Å². The van der Waals surface area contributed by atoms with Crippen molar-refractivity contribution in [2.24, 2.45) is 5.73 Å². The number of thioether (sulfide) groups is 1. The first-order valence-corrected chi connectivity index (χ1v) is 9.17. The Bertz CT molecular complexity index is 720. The van der Waals surface area contributed by atoms with Crippen LogP contribution in [0.3, 0.4) is 0 Å². The van der Waals surface area contributed by atoms with Gasteiger partial charge in [0.1, 0.15) is 0 Å². The summed E-state index contributed by atoms with van der Waals surface area (Å²) in [6, 6.07) is 6.83. The van der Waals surface area contributed by atoms with Crippen LogP contribution in [-0.4, -0.2) is 51.3 Å². The van der Waals surface area contributed by atoms with Crippen molar-refractivity contribution in [2.45, 2.75) is 13.0 Å². The lowest BCUT2D eigenvalue weighted by Crippen LogP contribution is -2.48. The third-order valence-electron chi connectivity index (χ3n) is 4.19. The lowest BCUT2D eigenvalue weighted by molar-refractivity contribution is 0.142. The molecule has 23 heavy (non-hydrogen) atoms. The fourth-order valence-corrected chi connectivity index (χ4v) is 4.07. The van der Waals surface area contributed by atoms with Crippen LogP contribution in [0.2, 0.25) is 0 Å². The molecule has 1 aliphatic heterocycles. The fraction of sp³-hybridized carbons (Fsp3) is 0.400. The lowest BCUT2D eigenvalue weighted by atomic mass is 10.1. The average Bonchev–Trinajstić information content (AvgIpc) is 3.01. The lowest BCUT2D eigenvalue weighted by Gasteiger charge is -2.38. The number of thiazole rings is 1. The van der Waals surface area contributed by atoms with Gasteiger partial charge in [0, 0.05) is 32.2 Å². The minimum absolute atomic E-state index is 0.0244. The van der Waals surface area contributed by atoms with Crippen LogP contribution < -0.4 is 5.73 Å². The van der Waals surface area contributed by atoms with Gasteiger partial charge in [0.25, 0.3) is 0 Å². The van der Waals surface area contributed by atoms with Crippen LogP contribution in [0.5, 0.6) is 0 Å². The van der Waals surface area contributed by atoms with Gasteiger partial charge in [-0.1, -0.05) is 6.07 Å². The highest BCUT2D eigenvalue weighted by atomic mass is 32.2. The van der Waals surface area contributed by atoms with E-state index in [2.05, 4.69) is 35.0 Å². The Balaban J connectivity index is 1.62. The molecule has 0 amide bonds.